The first-order valence-electron chi connectivity index (χ1n) is 7.70. The van der Waals surface area contributed by atoms with E-state index in [1.807, 2.05) is 0 Å². The molecule has 112 valence electrons. The number of nitrogens with one attached hydrogen (secondary N) is 1. The summed E-state index contributed by atoms with van der Waals surface area (Å²) >= 11 is 0. The largest absolute Gasteiger partial charge is 0.355 e. The lowest BCUT2D eigenvalue weighted by Gasteiger charge is -2.45. The summed E-state index contributed by atoms with van der Waals surface area (Å²) in [5.74, 6) is 0.845. The van der Waals surface area contributed by atoms with Crippen molar-refractivity contribution >= 4 is 0 Å². The number of hydrogen-bond donors (Lipinski definition) is 1. The maximum atomic E-state index is 5.58. The molecule has 4 heteroatoms. The molecule has 3 unspecified atom stereocenters. The average Bonchev–Trinajstić information content (AvgIpc) is 2.40. The molecule has 2 aliphatic rings. The summed E-state index contributed by atoms with van der Waals surface area (Å²) in [6, 6.07) is 0. The molecule has 0 spiro atoms. The molecule has 0 aromatic heterocycles. The quantitative estimate of drug-likeness (QED) is 0.826. The van der Waals surface area contributed by atoms with Crippen molar-refractivity contribution in [3.05, 3.63) is 0 Å². The van der Waals surface area contributed by atoms with E-state index in [2.05, 4.69) is 31.2 Å². The average molecular weight is 270 g/mol. The molecule has 1 heterocycles. The van der Waals surface area contributed by atoms with Crippen molar-refractivity contribution in [2.75, 3.05) is 40.6 Å². The predicted octanol–water partition coefficient (Wildman–Crippen LogP) is 1.85. The molecule has 0 aromatic rings. The Morgan fingerprint density at radius 1 is 1.32 bits per heavy atom. The Kier molecular flexibility index (Phi) is 5.63. The second-order valence-corrected chi connectivity index (χ2v) is 6.55. The second kappa shape index (κ2) is 7.02. The van der Waals surface area contributed by atoms with Crippen LogP contribution in [0.4, 0.5) is 0 Å². The van der Waals surface area contributed by atoms with Gasteiger partial charge in [0, 0.05) is 18.6 Å². The van der Waals surface area contributed by atoms with E-state index in [0.29, 0.717) is 18.4 Å². The van der Waals surface area contributed by atoms with Gasteiger partial charge in [-0.05, 0) is 39.3 Å². The van der Waals surface area contributed by atoms with Crippen LogP contribution in [0.25, 0.3) is 0 Å². The predicted molar refractivity (Wildman–Crippen MR) is 77.2 cm³/mol. The fourth-order valence-electron chi connectivity index (χ4n) is 3.49. The van der Waals surface area contributed by atoms with Gasteiger partial charge in [0.25, 0.3) is 0 Å². The van der Waals surface area contributed by atoms with Crippen LogP contribution >= 0.6 is 0 Å². The zero-order valence-electron chi connectivity index (χ0n) is 12.8. The van der Waals surface area contributed by atoms with E-state index >= 15 is 0 Å². The summed E-state index contributed by atoms with van der Waals surface area (Å²) in [5, 5.41) is 3.65. The Hall–Kier alpha value is -0.160. The molecule has 1 aliphatic heterocycles. The Morgan fingerprint density at radius 2 is 2.16 bits per heavy atom. The standard InChI is InChI=1S/C15H30N2O2/c1-13-5-4-7-15(9-13,17(2)3)11-16-10-14-6-8-18-12-19-14/h13-14,16H,4-12H2,1-3H3. The van der Waals surface area contributed by atoms with Crippen LogP contribution in [-0.2, 0) is 9.47 Å². The third-order valence-corrected chi connectivity index (χ3v) is 4.81. The molecule has 1 saturated carbocycles. The number of likely N-dealkylation sites (N-methyl/N-ethyl adjacent to an activating group) is 1. The van der Waals surface area contributed by atoms with E-state index in [9.17, 15) is 0 Å². The van der Waals surface area contributed by atoms with Gasteiger partial charge in [0.1, 0.15) is 6.79 Å². The maximum Gasteiger partial charge on any atom is 0.147 e. The highest BCUT2D eigenvalue weighted by Gasteiger charge is 2.36. The Morgan fingerprint density at radius 3 is 2.79 bits per heavy atom. The van der Waals surface area contributed by atoms with Gasteiger partial charge in [-0.15, -0.1) is 0 Å². The van der Waals surface area contributed by atoms with Crippen molar-refractivity contribution in [3.8, 4) is 0 Å². The van der Waals surface area contributed by atoms with Crippen LogP contribution in [0.5, 0.6) is 0 Å². The fourth-order valence-corrected chi connectivity index (χ4v) is 3.49. The van der Waals surface area contributed by atoms with E-state index in [1.54, 1.807) is 0 Å². The molecule has 3 atom stereocenters. The first-order chi connectivity index (χ1) is 9.12. The Bertz CT molecular complexity index is 267. The van der Waals surface area contributed by atoms with E-state index in [1.165, 1.54) is 25.7 Å². The lowest BCUT2D eigenvalue weighted by molar-refractivity contribution is -0.137. The van der Waals surface area contributed by atoms with Gasteiger partial charge in [0.2, 0.25) is 0 Å². The molecule has 19 heavy (non-hydrogen) atoms. The molecule has 1 saturated heterocycles. The van der Waals surface area contributed by atoms with Crippen LogP contribution in [0.3, 0.4) is 0 Å². The van der Waals surface area contributed by atoms with E-state index < -0.39 is 0 Å². The van der Waals surface area contributed by atoms with Crippen LogP contribution in [0.2, 0.25) is 0 Å². The summed E-state index contributed by atoms with van der Waals surface area (Å²) in [5.41, 5.74) is 0.336. The van der Waals surface area contributed by atoms with Gasteiger partial charge in [-0.25, -0.2) is 0 Å². The first-order valence-corrected chi connectivity index (χ1v) is 7.70. The minimum Gasteiger partial charge on any atom is -0.355 e. The van der Waals surface area contributed by atoms with Crippen LogP contribution in [-0.4, -0.2) is 57.1 Å². The van der Waals surface area contributed by atoms with E-state index in [-0.39, 0.29) is 0 Å². The van der Waals surface area contributed by atoms with Crippen LogP contribution in [0.1, 0.15) is 39.0 Å². The Labute approximate surface area is 117 Å². The molecule has 0 amide bonds. The zero-order chi connectivity index (χ0) is 13.7. The molecular formula is C15H30N2O2. The number of rotatable bonds is 5. The summed E-state index contributed by atoms with van der Waals surface area (Å²) in [6.07, 6.45) is 6.70. The monoisotopic (exact) mass is 270 g/mol. The van der Waals surface area contributed by atoms with Gasteiger partial charge in [-0.2, -0.15) is 0 Å². The highest BCUT2D eigenvalue weighted by molar-refractivity contribution is 4.94. The molecule has 1 N–H and O–H groups in total. The van der Waals surface area contributed by atoms with Crippen molar-refractivity contribution in [2.24, 2.45) is 5.92 Å². The third-order valence-electron chi connectivity index (χ3n) is 4.81. The minimum absolute atomic E-state index is 0.328. The highest BCUT2D eigenvalue weighted by Crippen LogP contribution is 2.35. The summed E-state index contributed by atoms with van der Waals surface area (Å²) in [7, 11) is 4.45. The second-order valence-electron chi connectivity index (χ2n) is 6.55. The molecule has 1 aliphatic carbocycles. The number of ether oxygens (including phenoxy) is 2. The van der Waals surface area contributed by atoms with Gasteiger partial charge in [0.05, 0.1) is 12.7 Å². The topological polar surface area (TPSA) is 33.7 Å². The summed E-state index contributed by atoms with van der Waals surface area (Å²) in [6.45, 7) is 5.71. The molecule has 0 radical (unpaired) electrons. The van der Waals surface area contributed by atoms with E-state index in [4.69, 9.17) is 9.47 Å². The van der Waals surface area contributed by atoms with Crippen LogP contribution in [0.15, 0.2) is 0 Å². The van der Waals surface area contributed by atoms with Crippen molar-refractivity contribution in [1.82, 2.24) is 10.2 Å². The van der Waals surface area contributed by atoms with Crippen molar-refractivity contribution in [1.29, 1.82) is 0 Å². The fraction of sp³-hybridized carbons (Fsp3) is 1.00. The lowest BCUT2D eigenvalue weighted by atomic mass is 9.75. The molecule has 2 rings (SSSR count). The molecule has 2 fully saturated rings. The summed E-state index contributed by atoms with van der Waals surface area (Å²) < 4.78 is 10.8. The maximum absolute atomic E-state index is 5.58. The minimum atomic E-state index is 0.328. The molecule has 0 bridgehead atoms. The van der Waals surface area contributed by atoms with Crippen molar-refractivity contribution in [2.45, 2.75) is 50.7 Å². The van der Waals surface area contributed by atoms with Gasteiger partial charge in [0.15, 0.2) is 0 Å². The summed E-state index contributed by atoms with van der Waals surface area (Å²) in [4.78, 5) is 2.43. The normalized spacial score (nSPS) is 36.6. The Balaban J connectivity index is 1.79. The zero-order valence-corrected chi connectivity index (χ0v) is 12.8. The first kappa shape index (κ1) is 15.2. The lowest BCUT2D eigenvalue weighted by Crippen LogP contribution is -2.55. The SMILES string of the molecule is CC1CCCC(CNCC2CCOCO2)(N(C)C)C1. The van der Waals surface area contributed by atoms with Crippen LogP contribution < -0.4 is 5.32 Å². The molecular weight excluding hydrogens is 240 g/mol. The smallest absolute Gasteiger partial charge is 0.147 e. The molecule has 4 nitrogen and oxygen atoms in total. The van der Waals surface area contributed by atoms with Gasteiger partial charge in [-0.3, -0.25) is 0 Å². The van der Waals surface area contributed by atoms with Gasteiger partial charge >= 0.3 is 0 Å². The molecule has 0 aromatic carbocycles. The van der Waals surface area contributed by atoms with Crippen LogP contribution in [0, 0.1) is 5.92 Å². The number of nitrogens with zero attached hydrogens (tertiary/aromatic N) is 1. The van der Waals surface area contributed by atoms with Gasteiger partial charge < -0.3 is 19.7 Å². The van der Waals surface area contributed by atoms with Gasteiger partial charge in [-0.1, -0.05) is 19.8 Å². The van der Waals surface area contributed by atoms with Crippen molar-refractivity contribution < 1.29 is 9.47 Å². The number of hydrogen-bond acceptors (Lipinski definition) is 4. The van der Waals surface area contributed by atoms with E-state index in [0.717, 1.165) is 32.0 Å². The third kappa shape index (κ3) is 4.15. The van der Waals surface area contributed by atoms with Crippen molar-refractivity contribution in [3.63, 3.8) is 0 Å². The highest BCUT2D eigenvalue weighted by atomic mass is 16.7.